The molecule has 2 aromatic rings. The third-order valence-corrected chi connectivity index (χ3v) is 4.63. The monoisotopic (exact) mass is 408 g/mol. The summed E-state index contributed by atoms with van der Waals surface area (Å²) in [6.45, 7) is 2.07. The number of hydrogen-bond acceptors (Lipinski definition) is 3. The summed E-state index contributed by atoms with van der Waals surface area (Å²) in [6.07, 6.45) is 0.750. The van der Waals surface area contributed by atoms with Gasteiger partial charge < -0.3 is 10.5 Å². The zero-order valence-electron chi connectivity index (χ0n) is 11.4. The van der Waals surface area contributed by atoms with E-state index in [2.05, 4.69) is 73.6 Å². The number of hydrazone groups is 1. The molecule has 0 saturated carbocycles. The molecule has 0 saturated heterocycles. The fourth-order valence-electron chi connectivity index (χ4n) is 2.40. The van der Waals surface area contributed by atoms with Gasteiger partial charge >= 0.3 is 0 Å². The first-order valence-corrected chi connectivity index (χ1v) is 8.20. The highest BCUT2D eigenvalue weighted by Gasteiger charge is 2.24. The van der Waals surface area contributed by atoms with E-state index in [1.54, 1.807) is 0 Å². The maximum Gasteiger partial charge on any atom is 0.135 e. The molecule has 0 bridgehead atoms. The van der Waals surface area contributed by atoms with Crippen LogP contribution in [0.1, 0.15) is 29.2 Å². The molecule has 5 heteroatoms. The number of benzene rings is 2. The van der Waals surface area contributed by atoms with Crippen LogP contribution in [0.4, 0.5) is 0 Å². The molecule has 0 radical (unpaired) electrons. The molecule has 1 atom stereocenters. The van der Waals surface area contributed by atoms with Gasteiger partial charge in [0, 0.05) is 16.5 Å². The summed E-state index contributed by atoms with van der Waals surface area (Å²) in [5.74, 6) is 0.260. The Morgan fingerprint density at radius 3 is 2.62 bits per heavy atom. The molecule has 0 fully saturated rings. The summed E-state index contributed by atoms with van der Waals surface area (Å²) in [5, 5.41) is 14.6. The van der Waals surface area contributed by atoms with Crippen LogP contribution in [0.3, 0.4) is 0 Å². The largest absolute Gasteiger partial charge is 0.506 e. The van der Waals surface area contributed by atoms with Crippen LogP contribution < -0.4 is 5.43 Å². The average molecular weight is 410 g/mol. The van der Waals surface area contributed by atoms with Gasteiger partial charge in [0.15, 0.2) is 0 Å². The Morgan fingerprint density at radius 2 is 1.90 bits per heavy atom. The number of rotatable bonds is 2. The van der Waals surface area contributed by atoms with Crippen LogP contribution in [-0.2, 0) is 0 Å². The normalized spacial score (nSPS) is 17.5. The van der Waals surface area contributed by atoms with Gasteiger partial charge in [-0.1, -0.05) is 45.8 Å². The number of hydrogen-bond donors (Lipinski definition) is 2. The standard InChI is InChI=1S/C16H14Br2N2O/c1-9-2-4-10(5-3-9)14-8-15(20-19-14)12-6-11(17)7-13(18)16(12)21/h2-7,15,20-21H,8H2,1H3. The SMILES string of the molecule is Cc1ccc(C2=NNC(c3cc(Br)cc(Br)c3O)C2)cc1. The maximum atomic E-state index is 10.2. The van der Waals surface area contributed by atoms with Crippen molar-refractivity contribution in [2.75, 3.05) is 0 Å². The number of phenolic OH excluding ortho intramolecular Hbond substituents is 1. The minimum absolute atomic E-state index is 0.0184. The molecular weight excluding hydrogens is 396 g/mol. The van der Waals surface area contributed by atoms with E-state index < -0.39 is 0 Å². The fourth-order valence-corrected chi connectivity index (χ4v) is 3.66. The summed E-state index contributed by atoms with van der Waals surface area (Å²) in [5.41, 5.74) is 7.31. The summed E-state index contributed by atoms with van der Waals surface area (Å²) in [6, 6.07) is 12.1. The lowest BCUT2D eigenvalue weighted by molar-refractivity contribution is 0.452. The Bertz CT molecular complexity index is 711. The summed E-state index contributed by atoms with van der Waals surface area (Å²) < 4.78 is 1.60. The van der Waals surface area contributed by atoms with Gasteiger partial charge in [0.2, 0.25) is 0 Å². The molecule has 108 valence electrons. The van der Waals surface area contributed by atoms with Gasteiger partial charge in [-0.05, 0) is 40.5 Å². The van der Waals surface area contributed by atoms with Gasteiger partial charge in [-0.15, -0.1) is 0 Å². The van der Waals surface area contributed by atoms with Crippen molar-refractivity contribution in [2.45, 2.75) is 19.4 Å². The van der Waals surface area contributed by atoms with Crippen molar-refractivity contribution in [1.29, 1.82) is 0 Å². The Hall–Kier alpha value is -1.33. The predicted molar refractivity (Wildman–Crippen MR) is 91.7 cm³/mol. The molecule has 1 aliphatic rings. The van der Waals surface area contributed by atoms with E-state index in [0.29, 0.717) is 4.47 Å². The lowest BCUT2D eigenvalue weighted by atomic mass is 9.98. The number of aryl methyl sites for hydroxylation is 1. The number of nitrogens with zero attached hydrogens (tertiary/aromatic N) is 1. The molecule has 2 aromatic carbocycles. The van der Waals surface area contributed by atoms with Gasteiger partial charge in [-0.2, -0.15) is 5.10 Å². The molecule has 3 nitrogen and oxygen atoms in total. The third-order valence-electron chi connectivity index (χ3n) is 3.57. The summed E-state index contributed by atoms with van der Waals surface area (Å²) in [4.78, 5) is 0. The Morgan fingerprint density at radius 1 is 1.19 bits per heavy atom. The first kappa shape index (κ1) is 14.6. The summed E-state index contributed by atoms with van der Waals surface area (Å²) >= 11 is 6.82. The van der Waals surface area contributed by atoms with Crippen LogP contribution in [0, 0.1) is 6.92 Å². The van der Waals surface area contributed by atoms with Crippen molar-refractivity contribution >= 4 is 37.6 Å². The molecule has 0 aromatic heterocycles. The highest BCUT2D eigenvalue weighted by atomic mass is 79.9. The predicted octanol–water partition coefficient (Wildman–Crippen LogP) is 4.66. The zero-order chi connectivity index (χ0) is 15.0. The lowest BCUT2D eigenvalue weighted by Crippen LogP contribution is -2.10. The van der Waals surface area contributed by atoms with Crippen molar-refractivity contribution < 1.29 is 5.11 Å². The first-order chi connectivity index (χ1) is 10.0. The smallest absolute Gasteiger partial charge is 0.135 e. The van der Waals surface area contributed by atoms with E-state index in [1.165, 1.54) is 5.56 Å². The highest BCUT2D eigenvalue weighted by molar-refractivity contribution is 9.11. The molecule has 2 N–H and O–H groups in total. The molecule has 0 aliphatic carbocycles. The molecule has 3 rings (SSSR count). The second kappa shape index (κ2) is 5.81. The zero-order valence-corrected chi connectivity index (χ0v) is 14.6. The van der Waals surface area contributed by atoms with Crippen molar-refractivity contribution in [3.63, 3.8) is 0 Å². The van der Waals surface area contributed by atoms with Crippen molar-refractivity contribution in [3.05, 3.63) is 62.0 Å². The second-order valence-corrected chi connectivity index (χ2v) is 6.91. The molecule has 1 heterocycles. The van der Waals surface area contributed by atoms with Crippen molar-refractivity contribution in [1.82, 2.24) is 5.43 Å². The van der Waals surface area contributed by atoms with E-state index in [0.717, 1.165) is 27.7 Å². The van der Waals surface area contributed by atoms with Crippen LogP contribution in [-0.4, -0.2) is 10.8 Å². The van der Waals surface area contributed by atoms with Crippen LogP contribution in [0.2, 0.25) is 0 Å². The van der Waals surface area contributed by atoms with Crippen LogP contribution in [0.5, 0.6) is 5.75 Å². The Kier molecular flexibility index (Phi) is 4.04. The molecule has 21 heavy (non-hydrogen) atoms. The molecule has 1 unspecified atom stereocenters. The van der Waals surface area contributed by atoms with Crippen LogP contribution in [0.15, 0.2) is 50.4 Å². The Balaban J connectivity index is 1.85. The molecular formula is C16H14Br2N2O. The Labute approximate surface area is 140 Å². The fraction of sp³-hybridized carbons (Fsp3) is 0.188. The van der Waals surface area contributed by atoms with E-state index in [4.69, 9.17) is 0 Å². The number of nitrogens with one attached hydrogen (secondary N) is 1. The van der Waals surface area contributed by atoms with Crippen molar-refractivity contribution in [2.24, 2.45) is 5.10 Å². The minimum Gasteiger partial charge on any atom is -0.506 e. The molecule has 1 aliphatic heterocycles. The molecule has 0 amide bonds. The second-order valence-electron chi connectivity index (χ2n) is 5.14. The van der Waals surface area contributed by atoms with E-state index >= 15 is 0 Å². The maximum absolute atomic E-state index is 10.2. The summed E-state index contributed by atoms with van der Waals surface area (Å²) in [7, 11) is 0. The van der Waals surface area contributed by atoms with Gasteiger partial charge in [0.25, 0.3) is 0 Å². The van der Waals surface area contributed by atoms with Crippen LogP contribution >= 0.6 is 31.9 Å². The van der Waals surface area contributed by atoms with Gasteiger partial charge in [0.1, 0.15) is 5.75 Å². The first-order valence-electron chi connectivity index (χ1n) is 6.61. The van der Waals surface area contributed by atoms with E-state index in [-0.39, 0.29) is 11.8 Å². The van der Waals surface area contributed by atoms with Crippen LogP contribution in [0.25, 0.3) is 0 Å². The number of phenols is 1. The third kappa shape index (κ3) is 2.99. The average Bonchev–Trinajstić information content (AvgIpc) is 2.93. The lowest BCUT2D eigenvalue weighted by Gasteiger charge is -2.14. The van der Waals surface area contributed by atoms with E-state index in [9.17, 15) is 5.11 Å². The molecule has 0 spiro atoms. The van der Waals surface area contributed by atoms with E-state index in [1.807, 2.05) is 12.1 Å². The topological polar surface area (TPSA) is 44.6 Å². The van der Waals surface area contributed by atoms with Crippen molar-refractivity contribution in [3.8, 4) is 5.75 Å². The highest BCUT2D eigenvalue weighted by Crippen LogP contribution is 2.38. The van der Waals surface area contributed by atoms with Gasteiger partial charge in [-0.3, -0.25) is 0 Å². The quantitative estimate of drug-likeness (QED) is 0.757. The van der Waals surface area contributed by atoms with Gasteiger partial charge in [0.05, 0.1) is 16.2 Å². The minimum atomic E-state index is -0.0184. The van der Waals surface area contributed by atoms with Gasteiger partial charge in [-0.25, -0.2) is 0 Å². The number of aromatic hydroxyl groups is 1. The number of halogens is 2.